The second-order valence-electron chi connectivity index (χ2n) is 3.29. The number of allylic oxidation sites excluding steroid dienone is 5. The van der Waals surface area contributed by atoms with E-state index in [9.17, 15) is 4.79 Å². The Morgan fingerprint density at radius 3 is 3.00 bits per heavy atom. The molecule has 0 radical (unpaired) electrons. The summed E-state index contributed by atoms with van der Waals surface area (Å²) in [7, 11) is 0. The van der Waals surface area contributed by atoms with Crippen molar-refractivity contribution in [2.75, 3.05) is 6.61 Å². The van der Waals surface area contributed by atoms with Crippen LogP contribution >= 0.6 is 0 Å². The minimum atomic E-state index is -0.136. The van der Waals surface area contributed by atoms with Crippen molar-refractivity contribution in [2.24, 2.45) is 5.92 Å². The second-order valence-corrected chi connectivity index (χ2v) is 3.29. The Kier molecular flexibility index (Phi) is 2.30. The van der Waals surface area contributed by atoms with Gasteiger partial charge < -0.3 is 4.74 Å². The van der Waals surface area contributed by atoms with Crippen LogP contribution in [0.3, 0.4) is 0 Å². The highest BCUT2D eigenvalue weighted by Gasteiger charge is 2.19. The fraction of sp³-hybridized carbons (Fsp3) is 0.364. The summed E-state index contributed by atoms with van der Waals surface area (Å²) >= 11 is 0. The molecule has 2 heteroatoms. The van der Waals surface area contributed by atoms with E-state index in [1.165, 1.54) is 0 Å². The third-order valence-electron chi connectivity index (χ3n) is 2.30. The summed E-state index contributed by atoms with van der Waals surface area (Å²) in [5.74, 6) is 0.244. The molecule has 0 aromatic rings. The maximum Gasteiger partial charge on any atom is 0.333 e. The second kappa shape index (κ2) is 3.60. The molecule has 2 nitrogen and oxygen atoms in total. The van der Waals surface area contributed by atoms with E-state index in [-0.39, 0.29) is 5.97 Å². The van der Waals surface area contributed by atoms with E-state index in [0.717, 1.165) is 18.4 Å². The molecule has 0 aromatic carbocycles. The number of esters is 1. The molecular formula is C11H12O2. The Labute approximate surface area is 77.6 Å². The Hall–Kier alpha value is -1.31. The minimum absolute atomic E-state index is 0.136. The molecular weight excluding hydrogens is 164 g/mol. The summed E-state index contributed by atoms with van der Waals surface area (Å²) < 4.78 is 4.86. The van der Waals surface area contributed by atoms with E-state index in [1.807, 2.05) is 18.2 Å². The van der Waals surface area contributed by atoms with Crippen molar-refractivity contribution in [3.8, 4) is 0 Å². The van der Waals surface area contributed by atoms with Crippen LogP contribution in [0.5, 0.6) is 0 Å². The molecule has 0 saturated carbocycles. The van der Waals surface area contributed by atoms with E-state index >= 15 is 0 Å². The van der Waals surface area contributed by atoms with Gasteiger partial charge in [0.2, 0.25) is 0 Å². The predicted molar refractivity (Wildman–Crippen MR) is 50.0 cm³/mol. The fourth-order valence-electron chi connectivity index (χ4n) is 1.58. The zero-order valence-corrected chi connectivity index (χ0v) is 7.40. The smallest absolute Gasteiger partial charge is 0.333 e. The maximum atomic E-state index is 11.1. The van der Waals surface area contributed by atoms with Gasteiger partial charge >= 0.3 is 5.97 Å². The quantitative estimate of drug-likeness (QED) is 0.451. The normalized spacial score (nSPS) is 29.7. The van der Waals surface area contributed by atoms with Crippen molar-refractivity contribution in [1.29, 1.82) is 0 Å². The van der Waals surface area contributed by atoms with Crippen LogP contribution in [0.15, 0.2) is 36.0 Å². The molecule has 1 saturated heterocycles. The molecule has 0 N–H and O–H groups in total. The van der Waals surface area contributed by atoms with Crippen LogP contribution in [0.1, 0.15) is 12.8 Å². The van der Waals surface area contributed by atoms with Gasteiger partial charge in [-0.3, -0.25) is 0 Å². The molecule has 68 valence electrons. The average Bonchev–Trinajstić information content (AvgIpc) is 2.54. The Balaban J connectivity index is 2.06. The number of carbonyl (C=O) groups excluding carboxylic acids is 1. The lowest BCUT2D eigenvalue weighted by atomic mass is 9.97. The number of cyclic esters (lactones) is 1. The monoisotopic (exact) mass is 176 g/mol. The molecule has 1 fully saturated rings. The SMILES string of the molecule is O=C1OCC/C1=C/[C@@H]1C=CC=CC1. The average molecular weight is 176 g/mol. The van der Waals surface area contributed by atoms with Crippen molar-refractivity contribution in [3.05, 3.63) is 36.0 Å². The number of rotatable bonds is 1. The highest BCUT2D eigenvalue weighted by Crippen LogP contribution is 2.20. The lowest BCUT2D eigenvalue weighted by Gasteiger charge is -2.07. The van der Waals surface area contributed by atoms with Crippen molar-refractivity contribution >= 4 is 5.97 Å². The van der Waals surface area contributed by atoms with Crippen molar-refractivity contribution < 1.29 is 9.53 Å². The molecule has 0 bridgehead atoms. The summed E-state index contributed by atoms with van der Waals surface area (Å²) in [6.45, 7) is 0.553. The molecule has 1 aliphatic heterocycles. The first-order chi connectivity index (χ1) is 6.36. The Morgan fingerprint density at radius 1 is 1.46 bits per heavy atom. The highest BCUT2D eigenvalue weighted by atomic mass is 16.5. The molecule has 13 heavy (non-hydrogen) atoms. The van der Waals surface area contributed by atoms with Gasteiger partial charge in [0.1, 0.15) is 0 Å². The zero-order valence-electron chi connectivity index (χ0n) is 7.40. The molecule has 0 amide bonds. The fourth-order valence-corrected chi connectivity index (χ4v) is 1.58. The van der Waals surface area contributed by atoms with Crippen LogP contribution in [0, 0.1) is 5.92 Å². The molecule has 1 heterocycles. The van der Waals surface area contributed by atoms with E-state index in [1.54, 1.807) is 0 Å². The Morgan fingerprint density at radius 2 is 2.38 bits per heavy atom. The first-order valence-electron chi connectivity index (χ1n) is 4.57. The van der Waals surface area contributed by atoms with Gasteiger partial charge in [-0.1, -0.05) is 30.4 Å². The maximum absolute atomic E-state index is 11.1. The van der Waals surface area contributed by atoms with Crippen LogP contribution in [-0.2, 0) is 9.53 Å². The van der Waals surface area contributed by atoms with E-state index in [4.69, 9.17) is 4.74 Å². The van der Waals surface area contributed by atoms with Crippen molar-refractivity contribution in [1.82, 2.24) is 0 Å². The first kappa shape index (κ1) is 8.30. The largest absolute Gasteiger partial charge is 0.462 e. The van der Waals surface area contributed by atoms with Crippen LogP contribution in [0.2, 0.25) is 0 Å². The lowest BCUT2D eigenvalue weighted by Crippen LogP contribution is -1.99. The van der Waals surface area contributed by atoms with E-state index < -0.39 is 0 Å². The minimum Gasteiger partial charge on any atom is -0.462 e. The van der Waals surface area contributed by atoms with Crippen LogP contribution in [-0.4, -0.2) is 12.6 Å². The summed E-state index contributed by atoms with van der Waals surface area (Å²) in [6, 6.07) is 0. The highest BCUT2D eigenvalue weighted by molar-refractivity contribution is 5.90. The third kappa shape index (κ3) is 1.89. The molecule has 2 rings (SSSR count). The molecule has 0 spiro atoms. The van der Waals surface area contributed by atoms with Gasteiger partial charge in [0.15, 0.2) is 0 Å². The summed E-state index contributed by atoms with van der Waals surface area (Å²) in [5, 5.41) is 0. The number of carbonyl (C=O) groups is 1. The van der Waals surface area contributed by atoms with Gasteiger partial charge in [-0.15, -0.1) is 0 Å². The lowest BCUT2D eigenvalue weighted by molar-refractivity contribution is -0.135. The molecule has 2 aliphatic rings. The molecule has 1 atom stereocenters. The molecule has 0 aromatic heterocycles. The van der Waals surface area contributed by atoms with Crippen molar-refractivity contribution in [2.45, 2.75) is 12.8 Å². The number of hydrogen-bond acceptors (Lipinski definition) is 2. The predicted octanol–water partition coefficient (Wildman–Crippen LogP) is 1.99. The summed E-state index contributed by atoms with van der Waals surface area (Å²) in [5.41, 5.74) is 0.838. The van der Waals surface area contributed by atoms with Gasteiger partial charge in [0.05, 0.1) is 6.61 Å². The van der Waals surface area contributed by atoms with E-state index in [2.05, 4.69) is 12.2 Å². The van der Waals surface area contributed by atoms with Crippen LogP contribution in [0.4, 0.5) is 0 Å². The van der Waals surface area contributed by atoms with Crippen molar-refractivity contribution in [3.63, 3.8) is 0 Å². The van der Waals surface area contributed by atoms with Gasteiger partial charge in [-0.05, 0) is 12.3 Å². The van der Waals surface area contributed by atoms with Crippen LogP contribution < -0.4 is 0 Å². The van der Waals surface area contributed by atoms with Gasteiger partial charge in [-0.2, -0.15) is 0 Å². The Bertz CT molecular complexity index is 297. The van der Waals surface area contributed by atoms with Gasteiger partial charge in [0.25, 0.3) is 0 Å². The topological polar surface area (TPSA) is 26.3 Å². The summed E-state index contributed by atoms with van der Waals surface area (Å²) in [6.07, 6.45) is 12.1. The molecule has 0 unspecified atom stereocenters. The first-order valence-corrected chi connectivity index (χ1v) is 4.57. The summed E-state index contributed by atoms with van der Waals surface area (Å²) in [4.78, 5) is 11.1. The zero-order chi connectivity index (χ0) is 9.10. The van der Waals surface area contributed by atoms with Gasteiger partial charge in [-0.25, -0.2) is 4.79 Å². The number of hydrogen-bond donors (Lipinski definition) is 0. The standard InChI is InChI=1S/C11H12O2/c12-11-10(6-7-13-11)8-9-4-2-1-3-5-9/h1-4,8-9H,5-7H2/b10-8-/t9-/m1/s1. The number of ether oxygens (including phenoxy) is 1. The third-order valence-corrected chi connectivity index (χ3v) is 2.30. The molecule has 1 aliphatic carbocycles. The van der Waals surface area contributed by atoms with Gasteiger partial charge in [0, 0.05) is 12.0 Å². The van der Waals surface area contributed by atoms with Crippen LogP contribution in [0.25, 0.3) is 0 Å². The van der Waals surface area contributed by atoms with E-state index in [0.29, 0.717) is 12.5 Å².